The van der Waals surface area contributed by atoms with E-state index in [2.05, 4.69) is 10.6 Å². The van der Waals surface area contributed by atoms with E-state index in [1.165, 1.54) is 0 Å². The second kappa shape index (κ2) is 14.7. The summed E-state index contributed by atoms with van der Waals surface area (Å²) in [4.78, 5) is 22.5. The molecule has 0 bridgehead atoms. The minimum Gasteiger partial charge on any atom is -0.396 e. The molecule has 0 aliphatic carbocycles. The molecule has 0 radical (unpaired) electrons. The van der Waals surface area contributed by atoms with Crippen LogP contribution in [0.3, 0.4) is 0 Å². The summed E-state index contributed by atoms with van der Waals surface area (Å²) in [6, 6.07) is 0. The fourth-order valence-corrected chi connectivity index (χ4v) is 1.66. The van der Waals surface area contributed by atoms with E-state index in [1.54, 1.807) is 27.7 Å². The van der Waals surface area contributed by atoms with Crippen LogP contribution in [-0.4, -0.2) is 94.2 Å². The van der Waals surface area contributed by atoms with E-state index >= 15 is 0 Å². The van der Waals surface area contributed by atoms with Crippen LogP contribution >= 0.6 is 0 Å². The maximum Gasteiger partial charge on any atom is 0.249 e. The summed E-state index contributed by atoms with van der Waals surface area (Å²) in [6.07, 6.45) is -1.55. The van der Waals surface area contributed by atoms with Crippen molar-refractivity contribution in [2.75, 3.05) is 39.5 Å². The Kier molecular flexibility index (Phi) is 15.1. The highest BCUT2D eigenvalue weighted by atomic mass is 16.3. The molecule has 168 valence electrons. The minimum atomic E-state index is -1.23. The molecule has 0 heterocycles. The number of amides is 2. The SMILES string of the molecule is CC(C)(CO)[C@@H](O)C(=O)NCCCO.CC(C)(CO)[C@@H](O)C(=O)NCCCO. The molecule has 10 nitrogen and oxygen atoms in total. The van der Waals surface area contributed by atoms with E-state index in [-0.39, 0.29) is 26.4 Å². The molecule has 0 aliphatic heterocycles. The molecule has 0 spiro atoms. The molecule has 0 aromatic rings. The summed E-state index contributed by atoms with van der Waals surface area (Å²) in [5, 5.41) is 58.7. The van der Waals surface area contributed by atoms with Crippen LogP contribution in [-0.2, 0) is 9.59 Å². The number of hydrogen-bond acceptors (Lipinski definition) is 8. The molecule has 10 heteroatoms. The number of nitrogens with one attached hydrogen (secondary N) is 2. The third-order valence-corrected chi connectivity index (χ3v) is 4.06. The number of aliphatic hydroxyl groups excluding tert-OH is 6. The van der Waals surface area contributed by atoms with Gasteiger partial charge in [0.25, 0.3) is 0 Å². The molecule has 0 rings (SSSR count). The van der Waals surface area contributed by atoms with Crippen LogP contribution in [0.2, 0.25) is 0 Å². The van der Waals surface area contributed by atoms with Crippen molar-refractivity contribution in [3.63, 3.8) is 0 Å². The van der Waals surface area contributed by atoms with Gasteiger partial charge in [-0.05, 0) is 12.8 Å². The lowest BCUT2D eigenvalue weighted by Crippen LogP contribution is -2.45. The summed E-state index contributed by atoms with van der Waals surface area (Å²) in [7, 11) is 0. The molecule has 0 saturated heterocycles. The lowest BCUT2D eigenvalue weighted by molar-refractivity contribution is -0.137. The van der Waals surface area contributed by atoms with Crippen LogP contribution < -0.4 is 10.6 Å². The third kappa shape index (κ3) is 11.5. The molecule has 2 amide bonds. The maximum absolute atomic E-state index is 11.3. The molecule has 28 heavy (non-hydrogen) atoms. The van der Waals surface area contributed by atoms with Gasteiger partial charge in [-0.15, -0.1) is 0 Å². The average Bonchev–Trinajstić information content (AvgIpc) is 2.67. The zero-order valence-electron chi connectivity index (χ0n) is 17.3. The molecular weight excluding hydrogens is 372 g/mol. The first-order valence-corrected chi connectivity index (χ1v) is 9.26. The van der Waals surface area contributed by atoms with Crippen molar-refractivity contribution < 1.29 is 40.2 Å². The van der Waals surface area contributed by atoms with Gasteiger partial charge in [-0.2, -0.15) is 0 Å². The minimum absolute atomic E-state index is 0.000230. The summed E-state index contributed by atoms with van der Waals surface area (Å²) >= 11 is 0. The molecule has 0 unspecified atom stereocenters. The van der Waals surface area contributed by atoms with Crippen molar-refractivity contribution >= 4 is 11.8 Å². The van der Waals surface area contributed by atoms with Crippen LogP contribution in [0.4, 0.5) is 0 Å². The van der Waals surface area contributed by atoms with Gasteiger partial charge in [-0.1, -0.05) is 27.7 Å². The molecule has 0 saturated carbocycles. The number of hydrogen-bond donors (Lipinski definition) is 8. The first kappa shape index (κ1) is 28.9. The van der Waals surface area contributed by atoms with Gasteiger partial charge in [0.15, 0.2) is 0 Å². The number of rotatable bonds is 12. The summed E-state index contributed by atoms with van der Waals surface area (Å²) in [5.41, 5.74) is -1.69. The van der Waals surface area contributed by atoms with E-state index in [9.17, 15) is 19.8 Å². The average molecular weight is 411 g/mol. The van der Waals surface area contributed by atoms with Gasteiger partial charge in [0.05, 0.1) is 13.2 Å². The van der Waals surface area contributed by atoms with Gasteiger partial charge in [-0.3, -0.25) is 9.59 Å². The summed E-state index contributed by atoms with van der Waals surface area (Å²) in [5.74, 6) is -1.03. The van der Waals surface area contributed by atoms with E-state index in [1.807, 2.05) is 0 Å². The molecule has 0 aromatic heterocycles. The Balaban J connectivity index is 0. The normalized spacial score (nSPS) is 13.8. The first-order chi connectivity index (χ1) is 12.9. The van der Waals surface area contributed by atoms with E-state index < -0.39 is 34.9 Å². The van der Waals surface area contributed by atoms with E-state index in [4.69, 9.17) is 20.4 Å². The molecule has 8 N–H and O–H groups in total. The lowest BCUT2D eigenvalue weighted by Gasteiger charge is -2.27. The lowest BCUT2D eigenvalue weighted by atomic mass is 9.87. The quantitative estimate of drug-likeness (QED) is 0.166. The van der Waals surface area contributed by atoms with Gasteiger partial charge >= 0.3 is 0 Å². The van der Waals surface area contributed by atoms with Crippen molar-refractivity contribution in [1.82, 2.24) is 10.6 Å². The van der Waals surface area contributed by atoms with Crippen LogP contribution in [0.5, 0.6) is 0 Å². The predicted molar refractivity (Wildman–Crippen MR) is 103 cm³/mol. The Labute approximate surface area is 166 Å². The Bertz CT molecular complexity index is 403. The van der Waals surface area contributed by atoms with E-state index in [0.717, 1.165) is 0 Å². The van der Waals surface area contributed by atoms with Crippen LogP contribution in [0.1, 0.15) is 40.5 Å². The first-order valence-electron chi connectivity index (χ1n) is 9.26. The monoisotopic (exact) mass is 410 g/mol. The van der Waals surface area contributed by atoms with Gasteiger partial charge < -0.3 is 41.3 Å². The summed E-state index contributed by atoms with van der Waals surface area (Å²) in [6.45, 7) is 6.53. The summed E-state index contributed by atoms with van der Waals surface area (Å²) < 4.78 is 0. The highest BCUT2D eigenvalue weighted by Gasteiger charge is 2.33. The zero-order chi connectivity index (χ0) is 22.4. The largest absolute Gasteiger partial charge is 0.396 e. The zero-order valence-corrected chi connectivity index (χ0v) is 17.3. The highest BCUT2D eigenvalue weighted by Crippen LogP contribution is 2.20. The van der Waals surface area contributed by atoms with Crippen molar-refractivity contribution in [3.05, 3.63) is 0 Å². The molecular formula is C18H38N2O8. The van der Waals surface area contributed by atoms with Crippen molar-refractivity contribution in [1.29, 1.82) is 0 Å². The molecule has 0 aliphatic rings. The van der Waals surface area contributed by atoms with Crippen LogP contribution in [0.25, 0.3) is 0 Å². The second-order valence-corrected chi connectivity index (χ2v) is 7.83. The predicted octanol–water partition coefficient (Wildman–Crippen LogP) is -2.27. The third-order valence-electron chi connectivity index (χ3n) is 4.06. The van der Waals surface area contributed by atoms with Crippen molar-refractivity contribution in [3.8, 4) is 0 Å². The van der Waals surface area contributed by atoms with Crippen LogP contribution in [0.15, 0.2) is 0 Å². The number of aliphatic hydroxyl groups is 6. The van der Waals surface area contributed by atoms with Gasteiger partial charge in [0, 0.05) is 37.1 Å². The fourth-order valence-electron chi connectivity index (χ4n) is 1.66. The standard InChI is InChI=1S/2C9H19NO4/c2*1-9(2,6-12)7(13)8(14)10-4-3-5-11/h2*7,11-13H,3-6H2,1-2H3,(H,10,14)/t2*7-/m00/s1. The maximum atomic E-state index is 11.3. The Morgan fingerprint density at radius 2 is 1.00 bits per heavy atom. The topological polar surface area (TPSA) is 180 Å². The molecule has 0 fully saturated rings. The fraction of sp³-hybridized carbons (Fsp3) is 0.889. The van der Waals surface area contributed by atoms with E-state index in [0.29, 0.717) is 25.9 Å². The Morgan fingerprint density at radius 3 is 1.21 bits per heavy atom. The Hall–Kier alpha value is -1.30. The molecule has 2 atom stereocenters. The van der Waals surface area contributed by atoms with Gasteiger partial charge in [-0.25, -0.2) is 0 Å². The second-order valence-electron chi connectivity index (χ2n) is 7.83. The number of carbonyl (C=O) groups excluding carboxylic acids is 2. The molecule has 0 aromatic carbocycles. The van der Waals surface area contributed by atoms with Gasteiger partial charge in [0.2, 0.25) is 11.8 Å². The van der Waals surface area contributed by atoms with Crippen LogP contribution in [0, 0.1) is 10.8 Å². The van der Waals surface area contributed by atoms with Gasteiger partial charge in [0.1, 0.15) is 12.2 Å². The number of carbonyl (C=O) groups is 2. The van der Waals surface area contributed by atoms with Crippen molar-refractivity contribution in [2.24, 2.45) is 10.8 Å². The smallest absolute Gasteiger partial charge is 0.249 e. The van der Waals surface area contributed by atoms with Crippen molar-refractivity contribution in [2.45, 2.75) is 52.7 Å². The highest BCUT2D eigenvalue weighted by molar-refractivity contribution is 5.81. The Morgan fingerprint density at radius 1 is 0.714 bits per heavy atom.